The second-order valence-corrected chi connectivity index (χ2v) is 5.55. The molecule has 0 amide bonds. The molecule has 2 aliphatic heterocycles. The van der Waals surface area contributed by atoms with Gasteiger partial charge in [0.25, 0.3) is 0 Å². The molecule has 2 bridgehead atoms. The number of carbonyl (C=O) groups excluding carboxylic acids is 1. The average Bonchev–Trinajstić information content (AvgIpc) is 2.66. The zero-order valence-electron chi connectivity index (χ0n) is 10.9. The summed E-state index contributed by atoms with van der Waals surface area (Å²) in [5.74, 6) is -2.02. The van der Waals surface area contributed by atoms with E-state index in [2.05, 4.69) is 6.19 Å². The standard InChI is InChI=1S/C15H14F2N2O/c16-10-1-4-13(14(17)7-10)15(20)9-5-11-2-3-12(6-9)19(11)8-18/h1,4,7,9,11-12H,2-3,5-6H2. The molecule has 0 N–H and O–H groups in total. The molecule has 2 saturated heterocycles. The van der Waals surface area contributed by atoms with E-state index < -0.39 is 11.6 Å². The van der Waals surface area contributed by atoms with Gasteiger partial charge in [0, 0.05) is 24.1 Å². The minimum Gasteiger partial charge on any atom is -0.304 e. The van der Waals surface area contributed by atoms with Crippen molar-refractivity contribution in [2.75, 3.05) is 0 Å². The molecule has 5 heteroatoms. The molecule has 2 atom stereocenters. The maximum atomic E-state index is 13.7. The zero-order valence-corrected chi connectivity index (χ0v) is 10.9. The monoisotopic (exact) mass is 276 g/mol. The summed E-state index contributed by atoms with van der Waals surface area (Å²) in [6.45, 7) is 0. The van der Waals surface area contributed by atoms with E-state index in [1.54, 1.807) is 4.90 Å². The molecule has 3 nitrogen and oxygen atoms in total. The molecule has 104 valence electrons. The van der Waals surface area contributed by atoms with Gasteiger partial charge in [-0.2, -0.15) is 5.26 Å². The average molecular weight is 276 g/mol. The van der Waals surface area contributed by atoms with Crippen molar-refractivity contribution >= 4 is 5.78 Å². The van der Waals surface area contributed by atoms with E-state index in [1.165, 1.54) is 6.07 Å². The number of nitrogens with zero attached hydrogens (tertiary/aromatic N) is 2. The van der Waals surface area contributed by atoms with Crippen LogP contribution < -0.4 is 0 Å². The molecular formula is C15H14F2N2O. The van der Waals surface area contributed by atoms with Crippen LogP contribution in [0.4, 0.5) is 8.78 Å². The lowest BCUT2D eigenvalue weighted by Gasteiger charge is -2.34. The Morgan fingerprint density at radius 3 is 2.45 bits per heavy atom. The number of piperidine rings is 1. The molecule has 1 aromatic rings. The first kappa shape index (κ1) is 13.0. The third-order valence-electron chi connectivity index (χ3n) is 4.42. The minimum absolute atomic E-state index is 0.0405. The smallest absolute Gasteiger partial charge is 0.179 e. The molecule has 2 aliphatic rings. The number of hydrogen-bond donors (Lipinski definition) is 0. The molecule has 2 heterocycles. The van der Waals surface area contributed by atoms with Crippen molar-refractivity contribution in [1.29, 1.82) is 5.26 Å². The molecular weight excluding hydrogens is 262 g/mol. The summed E-state index contributed by atoms with van der Waals surface area (Å²) in [5.41, 5.74) is -0.0405. The van der Waals surface area contributed by atoms with Crippen LogP contribution in [0.3, 0.4) is 0 Å². The Balaban J connectivity index is 1.81. The SMILES string of the molecule is N#CN1C2CCC1CC(C(=O)c1ccc(F)cc1F)C2. The van der Waals surface area contributed by atoms with Crippen molar-refractivity contribution in [3.05, 3.63) is 35.4 Å². The van der Waals surface area contributed by atoms with Gasteiger partial charge >= 0.3 is 0 Å². The van der Waals surface area contributed by atoms with Crippen LogP contribution in [-0.4, -0.2) is 22.8 Å². The number of rotatable bonds is 2. The van der Waals surface area contributed by atoms with Crippen molar-refractivity contribution in [3.63, 3.8) is 0 Å². The lowest BCUT2D eigenvalue weighted by atomic mass is 9.85. The number of halogens is 2. The normalized spacial score (nSPS) is 28.2. The van der Waals surface area contributed by atoms with Gasteiger partial charge in [0.05, 0.1) is 5.56 Å². The highest BCUT2D eigenvalue weighted by Gasteiger charge is 2.43. The van der Waals surface area contributed by atoms with Crippen LogP contribution >= 0.6 is 0 Å². The molecule has 2 fully saturated rings. The van der Waals surface area contributed by atoms with Gasteiger partial charge in [-0.1, -0.05) is 0 Å². The van der Waals surface area contributed by atoms with Crippen LogP contribution in [0.15, 0.2) is 18.2 Å². The molecule has 1 aromatic carbocycles. The van der Waals surface area contributed by atoms with Gasteiger partial charge in [-0.05, 0) is 37.8 Å². The minimum atomic E-state index is -0.801. The van der Waals surface area contributed by atoms with Gasteiger partial charge < -0.3 is 4.90 Å². The molecule has 20 heavy (non-hydrogen) atoms. The number of hydrogen-bond acceptors (Lipinski definition) is 3. The number of ketones is 1. The van der Waals surface area contributed by atoms with Crippen molar-refractivity contribution < 1.29 is 13.6 Å². The van der Waals surface area contributed by atoms with E-state index in [0.717, 1.165) is 25.0 Å². The second kappa shape index (κ2) is 4.86. The Morgan fingerprint density at radius 1 is 1.25 bits per heavy atom. The van der Waals surface area contributed by atoms with Gasteiger partial charge in [-0.15, -0.1) is 0 Å². The second-order valence-electron chi connectivity index (χ2n) is 5.55. The summed E-state index contributed by atoms with van der Waals surface area (Å²) >= 11 is 0. The van der Waals surface area contributed by atoms with Crippen LogP contribution in [0.25, 0.3) is 0 Å². The van der Waals surface area contributed by atoms with E-state index in [9.17, 15) is 13.6 Å². The van der Waals surface area contributed by atoms with Crippen LogP contribution in [0, 0.1) is 29.0 Å². The third kappa shape index (κ3) is 2.05. The molecule has 3 rings (SSSR count). The molecule has 0 saturated carbocycles. The van der Waals surface area contributed by atoms with E-state index in [-0.39, 0.29) is 29.3 Å². The zero-order chi connectivity index (χ0) is 14.3. The van der Waals surface area contributed by atoms with E-state index in [4.69, 9.17) is 5.26 Å². The maximum Gasteiger partial charge on any atom is 0.179 e. The van der Waals surface area contributed by atoms with Crippen LogP contribution in [0.1, 0.15) is 36.0 Å². The van der Waals surface area contributed by atoms with Gasteiger partial charge in [-0.3, -0.25) is 4.79 Å². The Labute approximate surface area is 115 Å². The summed E-state index contributed by atoms with van der Waals surface area (Å²) in [7, 11) is 0. The predicted molar refractivity (Wildman–Crippen MR) is 67.7 cm³/mol. The first-order valence-electron chi connectivity index (χ1n) is 6.77. The Hall–Kier alpha value is -1.96. The number of Topliss-reactive ketones (excluding diaryl/α,β-unsaturated/α-hetero) is 1. The van der Waals surface area contributed by atoms with Crippen molar-refractivity contribution in [3.8, 4) is 6.19 Å². The quantitative estimate of drug-likeness (QED) is 0.616. The highest BCUT2D eigenvalue weighted by molar-refractivity contribution is 5.98. The fourth-order valence-electron chi connectivity index (χ4n) is 3.46. The lowest BCUT2D eigenvalue weighted by Crippen LogP contribution is -2.41. The summed E-state index contributed by atoms with van der Waals surface area (Å²) in [4.78, 5) is 14.2. The van der Waals surface area contributed by atoms with Crippen molar-refractivity contribution in [1.82, 2.24) is 4.90 Å². The number of fused-ring (bicyclic) bond motifs is 2. The van der Waals surface area contributed by atoms with Gasteiger partial charge in [-0.25, -0.2) is 8.78 Å². The molecule has 0 radical (unpaired) electrons. The number of nitriles is 1. The van der Waals surface area contributed by atoms with Gasteiger partial charge in [0.15, 0.2) is 12.0 Å². The van der Waals surface area contributed by atoms with Crippen LogP contribution in [-0.2, 0) is 0 Å². The van der Waals surface area contributed by atoms with Crippen molar-refractivity contribution in [2.24, 2.45) is 5.92 Å². The predicted octanol–water partition coefficient (Wildman–Crippen LogP) is 2.87. The lowest BCUT2D eigenvalue weighted by molar-refractivity contribution is 0.0802. The van der Waals surface area contributed by atoms with Crippen molar-refractivity contribution in [2.45, 2.75) is 37.8 Å². The molecule has 2 unspecified atom stereocenters. The molecule has 0 spiro atoms. The topological polar surface area (TPSA) is 44.1 Å². The Morgan fingerprint density at radius 2 is 1.90 bits per heavy atom. The van der Waals surface area contributed by atoms with Crippen LogP contribution in [0.2, 0.25) is 0 Å². The number of carbonyl (C=O) groups is 1. The fraction of sp³-hybridized carbons (Fsp3) is 0.467. The largest absolute Gasteiger partial charge is 0.304 e. The summed E-state index contributed by atoms with van der Waals surface area (Å²) in [6.07, 6.45) is 5.17. The molecule has 0 aromatic heterocycles. The summed E-state index contributed by atoms with van der Waals surface area (Å²) in [5, 5.41) is 9.08. The number of benzene rings is 1. The summed E-state index contributed by atoms with van der Waals surface area (Å²) < 4.78 is 26.6. The Bertz CT molecular complexity index is 582. The first-order chi connectivity index (χ1) is 9.60. The molecule has 0 aliphatic carbocycles. The Kier molecular flexibility index (Phi) is 3.17. The summed E-state index contributed by atoms with van der Waals surface area (Å²) in [6, 6.07) is 3.25. The van der Waals surface area contributed by atoms with E-state index >= 15 is 0 Å². The highest BCUT2D eigenvalue weighted by atomic mass is 19.1. The fourth-order valence-corrected chi connectivity index (χ4v) is 3.46. The van der Waals surface area contributed by atoms with E-state index in [1.807, 2.05) is 0 Å². The van der Waals surface area contributed by atoms with Gasteiger partial charge in [0.1, 0.15) is 11.6 Å². The maximum absolute atomic E-state index is 13.7. The highest BCUT2D eigenvalue weighted by Crippen LogP contribution is 2.39. The van der Waals surface area contributed by atoms with E-state index in [0.29, 0.717) is 12.8 Å². The third-order valence-corrected chi connectivity index (χ3v) is 4.42. The first-order valence-corrected chi connectivity index (χ1v) is 6.77. The van der Waals surface area contributed by atoms with Gasteiger partial charge in [0.2, 0.25) is 0 Å². The van der Waals surface area contributed by atoms with Crippen LogP contribution in [0.5, 0.6) is 0 Å².